The molecule has 0 saturated carbocycles. The summed E-state index contributed by atoms with van der Waals surface area (Å²) in [5, 5.41) is 10.3. The Kier molecular flexibility index (Phi) is 4.22. The molecule has 1 atom stereocenters. The Bertz CT molecular complexity index is 712. The van der Waals surface area contributed by atoms with Gasteiger partial charge in [0.25, 0.3) is 0 Å². The van der Waals surface area contributed by atoms with Crippen molar-refractivity contribution in [1.29, 1.82) is 0 Å². The number of rotatable bonds is 5. The lowest BCUT2D eigenvalue weighted by atomic mass is 10.0. The third-order valence-corrected chi connectivity index (χ3v) is 3.59. The first-order valence-corrected chi connectivity index (χ1v) is 7.26. The van der Waals surface area contributed by atoms with Gasteiger partial charge in [-0.25, -0.2) is 4.98 Å². The zero-order valence-electron chi connectivity index (χ0n) is 11.8. The van der Waals surface area contributed by atoms with Gasteiger partial charge in [-0.2, -0.15) is 0 Å². The molecule has 0 spiro atoms. The van der Waals surface area contributed by atoms with Crippen molar-refractivity contribution < 1.29 is 5.11 Å². The fourth-order valence-electron chi connectivity index (χ4n) is 2.42. The maximum Gasteiger partial charge on any atom is 0.0975 e. The fourth-order valence-corrected chi connectivity index (χ4v) is 2.42. The van der Waals surface area contributed by atoms with Gasteiger partial charge in [0.1, 0.15) is 0 Å². The van der Waals surface area contributed by atoms with Crippen molar-refractivity contribution in [2.75, 3.05) is 0 Å². The summed E-state index contributed by atoms with van der Waals surface area (Å²) in [4.78, 5) is 8.83. The van der Waals surface area contributed by atoms with Crippen LogP contribution in [-0.2, 0) is 6.42 Å². The normalized spacial score (nSPS) is 12.4. The predicted octanol–water partition coefficient (Wildman–Crippen LogP) is 3.69. The van der Waals surface area contributed by atoms with Crippen LogP contribution in [0.5, 0.6) is 0 Å². The molecular formula is C18H18N2O. The average molecular weight is 278 g/mol. The minimum Gasteiger partial charge on any atom is -0.387 e. The number of para-hydroxylation sites is 2. The van der Waals surface area contributed by atoms with E-state index in [4.69, 9.17) is 0 Å². The van der Waals surface area contributed by atoms with E-state index < -0.39 is 6.10 Å². The molecular weight excluding hydrogens is 260 g/mol. The minimum absolute atomic E-state index is 0.550. The van der Waals surface area contributed by atoms with Gasteiger partial charge in [0, 0.05) is 0 Å². The van der Waals surface area contributed by atoms with E-state index in [2.05, 4.69) is 22.1 Å². The van der Waals surface area contributed by atoms with Crippen LogP contribution < -0.4 is 0 Å². The van der Waals surface area contributed by atoms with Gasteiger partial charge in [0.05, 0.1) is 29.0 Å². The Balaban J connectivity index is 1.62. The molecule has 3 rings (SSSR count). The van der Waals surface area contributed by atoms with Crippen molar-refractivity contribution in [3.05, 3.63) is 72.1 Å². The molecule has 1 N–H and O–H groups in total. The number of hydrogen-bond donors (Lipinski definition) is 1. The molecule has 0 aliphatic heterocycles. The summed E-state index contributed by atoms with van der Waals surface area (Å²) in [7, 11) is 0. The van der Waals surface area contributed by atoms with E-state index >= 15 is 0 Å². The van der Waals surface area contributed by atoms with Gasteiger partial charge in [-0.05, 0) is 37.0 Å². The smallest absolute Gasteiger partial charge is 0.0975 e. The molecule has 3 nitrogen and oxygen atoms in total. The minimum atomic E-state index is -0.550. The number of aromatic nitrogens is 2. The fraction of sp³-hybridized carbons (Fsp3) is 0.222. The van der Waals surface area contributed by atoms with Crippen LogP contribution in [0.25, 0.3) is 11.0 Å². The van der Waals surface area contributed by atoms with Gasteiger partial charge in [0.15, 0.2) is 0 Å². The van der Waals surface area contributed by atoms with Gasteiger partial charge in [0.2, 0.25) is 0 Å². The number of aryl methyl sites for hydroxylation is 1. The zero-order valence-corrected chi connectivity index (χ0v) is 11.8. The largest absolute Gasteiger partial charge is 0.387 e. The van der Waals surface area contributed by atoms with Gasteiger partial charge in [-0.1, -0.05) is 42.5 Å². The lowest BCUT2D eigenvalue weighted by Crippen LogP contribution is -2.02. The number of aliphatic hydroxyl groups excluding tert-OH is 1. The van der Waals surface area contributed by atoms with Crippen LogP contribution in [0.3, 0.4) is 0 Å². The molecule has 0 aliphatic rings. The highest BCUT2D eigenvalue weighted by atomic mass is 16.3. The van der Waals surface area contributed by atoms with Gasteiger partial charge >= 0.3 is 0 Å². The van der Waals surface area contributed by atoms with Crippen LogP contribution in [0.1, 0.15) is 30.2 Å². The summed E-state index contributed by atoms with van der Waals surface area (Å²) in [5.41, 5.74) is 3.64. The first-order valence-electron chi connectivity index (χ1n) is 7.26. The third kappa shape index (κ3) is 3.44. The summed E-state index contributed by atoms with van der Waals surface area (Å²) < 4.78 is 0. The highest BCUT2D eigenvalue weighted by Crippen LogP contribution is 2.19. The summed E-state index contributed by atoms with van der Waals surface area (Å²) in [6.45, 7) is 0. The van der Waals surface area contributed by atoms with Crippen molar-refractivity contribution in [1.82, 2.24) is 9.97 Å². The molecule has 0 amide bonds. The number of hydrogen-bond acceptors (Lipinski definition) is 3. The van der Waals surface area contributed by atoms with Gasteiger partial charge < -0.3 is 5.11 Å². The van der Waals surface area contributed by atoms with E-state index in [-0.39, 0.29) is 0 Å². The second kappa shape index (κ2) is 6.46. The second-order valence-corrected chi connectivity index (χ2v) is 5.18. The first-order chi connectivity index (χ1) is 10.3. The molecule has 3 heteroatoms. The van der Waals surface area contributed by atoms with Crippen LogP contribution in [0, 0.1) is 0 Å². The van der Waals surface area contributed by atoms with Crippen LogP contribution in [-0.4, -0.2) is 15.1 Å². The number of nitrogens with zero attached hydrogens (tertiary/aromatic N) is 2. The zero-order chi connectivity index (χ0) is 14.5. The molecule has 0 saturated heterocycles. The standard InChI is InChI=1S/C18H18N2O/c21-18(12-6-9-14-7-2-1-3-8-14)17-13-19-15-10-4-5-11-16(15)20-17/h1-5,7-8,10-11,13,18,21H,6,9,12H2. The molecule has 1 unspecified atom stereocenters. The molecule has 0 aliphatic carbocycles. The summed E-state index contributed by atoms with van der Waals surface area (Å²) in [5.74, 6) is 0. The van der Waals surface area contributed by atoms with Crippen LogP contribution in [0.2, 0.25) is 0 Å². The second-order valence-electron chi connectivity index (χ2n) is 5.18. The molecule has 0 radical (unpaired) electrons. The first kappa shape index (κ1) is 13.7. The molecule has 0 bridgehead atoms. The monoisotopic (exact) mass is 278 g/mol. The Hall–Kier alpha value is -2.26. The summed E-state index contributed by atoms with van der Waals surface area (Å²) in [6, 6.07) is 18.0. The van der Waals surface area contributed by atoms with Crippen molar-refractivity contribution in [2.45, 2.75) is 25.4 Å². The summed E-state index contributed by atoms with van der Waals surface area (Å²) >= 11 is 0. The molecule has 0 fully saturated rings. The van der Waals surface area contributed by atoms with E-state index in [0.717, 1.165) is 23.9 Å². The van der Waals surface area contributed by atoms with E-state index in [1.54, 1.807) is 6.20 Å². The summed E-state index contributed by atoms with van der Waals surface area (Å²) in [6.07, 6.45) is 3.72. The molecule has 21 heavy (non-hydrogen) atoms. The molecule has 106 valence electrons. The van der Waals surface area contributed by atoms with Crippen molar-refractivity contribution in [3.8, 4) is 0 Å². The van der Waals surface area contributed by atoms with Crippen molar-refractivity contribution in [3.63, 3.8) is 0 Å². The highest BCUT2D eigenvalue weighted by Gasteiger charge is 2.10. The Morgan fingerprint density at radius 3 is 2.43 bits per heavy atom. The maximum atomic E-state index is 10.3. The lowest BCUT2D eigenvalue weighted by molar-refractivity contribution is 0.160. The van der Waals surface area contributed by atoms with Gasteiger partial charge in [-0.3, -0.25) is 4.98 Å². The topological polar surface area (TPSA) is 46.0 Å². The highest BCUT2D eigenvalue weighted by molar-refractivity contribution is 5.73. The lowest BCUT2D eigenvalue weighted by Gasteiger charge is -2.10. The Labute approximate surface area is 124 Å². The van der Waals surface area contributed by atoms with E-state index in [9.17, 15) is 5.11 Å². The van der Waals surface area contributed by atoms with Gasteiger partial charge in [-0.15, -0.1) is 0 Å². The predicted molar refractivity (Wildman–Crippen MR) is 83.9 cm³/mol. The quantitative estimate of drug-likeness (QED) is 0.774. The van der Waals surface area contributed by atoms with Crippen LogP contribution >= 0.6 is 0 Å². The van der Waals surface area contributed by atoms with Crippen molar-refractivity contribution in [2.24, 2.45) is 0 Å². The number of fused-ring (bicyclic) bond motifs is 1. The molecule has 2 aromatic carbocycles. The van der Waals surface area contributed by atoms with Crippen molar-refractivity contribution >= 4 is 11.0 Å². The molecule has 1 heterocycles. The van der Waals surface area contributed by atoms with E-state index in [1.165, 1.54) is 5.56 Å². The SMILES string of the molecule is OC(CCCc1ccccc1)c1cnc2ccccc2n1. The maximum absolute atomic E-state index is 10.3. The Morgan fingerprint density at radius 2 is 1.62 bits per heavy atom. The number of aliphatic hydroxyl groups is 1. The number of benzene rings is 2. The molecule has 3 aromatic rings. The Morgan fingerprint density at radius 1 is 0.905 bits per heavy atom. The third-order valence-electron chi connectivity index (χ3n) is 3.59. The van der Waals surface area contributed by atoms with E-state index in [0.29, 0.717) is 12.1 Å². The van der Waals surface area contributed by atoms with Crippen LogP contribution in [0.15, 0.2) is 60.8 Å². The average Bonchev–Trinajstić information content (AvgIpc) is 2.55. The van der Waals surface area contributed by atoms with E-state index in [1.807, 2.05) is 42.5 Å². The molecule has 1 aromatic heterocycles. The van der Waals surface area contributed by atoms with Crippen LogP contribution in [0.4, 0.5) is 0 Å².